The summed E-state index contributed by atoms with van der Waals surface area (Å²) in [7, 11) is -8.76. The van der Waals surface area contributed by atoms with E-state index in [0.29, 0.717) is 23.4 Å². The van der Waals surface area contributed by atoms with Gasteiger partial charge in [-0.3, -0.25) is 9.52 Å². The van der Waals surface area contributed by atoms with Gasteiger partial charge in [-0.25, -0.2) is 16.8 Å². The molecule has 0 fully saturated rings. The largest absolute Gasteiger partial charge is 1.00 e. The van der Waals surface area contributed by atoms with Gasteiger partial charge in [0.05, 0.1) is 31.2 Å². The molecule has 1 heterocycles. The monoisotopic (exact) mass is 707 g/mol. The number of halogens is 2. The van der Waals surface area contributed by atoms with Gasteiger partial charge in [0.25, 0.3) is 15.9 Å². The molecule has 0 spiro atoms. The molecule has 0 radical (unpaired) electrons. The molecule has 1 aliphatic heterocycles. The van der Waals surface area contributed by atoms with E-state index >= 15 is 0 Å². The minimum atomic E-state index is -4.84. The topological polar surface area (TPSA) is 161 Å². The van der Waals surface area contributed by atoms with Crippen molar-refractivity contribution in [3.05, 3.63) is 112 Å². The predicted molar refractivity (Wildman–Crippen MR) is 171 cm³/mol. The van der Waals surface area contributed by atoms with Crippen LogP contribution in [-0.4, -0.2) is 39.0 Å². The van der Waals surface area contributed by atoms with Crippen LogP contribution in [0.1, 0.15) is 23.6 Å². The summed E-state index contributed by atoms with van der Waals surface area (Å²) in [5, 5.41) is 12.7. The van der Waals surface area contributed by atoms with Crippen molar-refractivity contribution in [2.24, 2.45) is 15.3 Å². The van der Waals surface area contributed by atoms with Gasteiger partial charge in [-0.1, -0.05) is 71.2 Å². The number of rotatable bonds is 9. The minimum Gasteiger partial charge on any atom is -0.744 e. The fraction of sp³-hybridized carbons (Fsp3) is 0.133. The quantitative estimate of drug-likeness (QED) is 0.159. The average molecular weight is 709 g/mol. The molecule has 0 saturated carbocycles. The molecule has 5 rings (SSSR count). The van der Waals surface area contributed by atoms with Gasteiger partial charge in [-0.15, -0.1) is 0 Å². The number of anilines is 2. The van der Waals surface area contributed by atoms with Gasteiger partial charge in [-0.05, 0) is 73.9 Å². The third-order valence-corrected chi connectivity index (χ3v) is 9.61. The Labute approximate surface area is 298 Å². The van der Waals surface area contributed by atoms with E-state index in [-0.39, 0.29) is 55.9 Å². The Hall–Kier alpha value is -3.14. The molecule has 0 aromatic heterocycles. The third-order valence-electron chi connectivity index (χ3n) is 6.74. The van der Waals surface area contributed by atoms with Crippen molar-refractivity contribution in [2.45, 2.75) is 36.1 Å². The zero-order valence-electron chi connectivity index (χ0n) is 24.7. The first-order valence-electron chi connectivity index (χ1n) is 13.2. The van der Waals surface area contributed by atoms with Crippen molar-refractivity contribution < 1.29 is 55.7 Å². The summed E-state index contributed by atoms with van der Waals surface area (Å²) < 4.78 is 63.4. The van der Waals surface area contributed by atoms with Crippen LogP contribution in [0.4, 0.5) is 17.1 Å². The number of aryl methyl sites for hydroxylation is 1. The second-order valence-electron chi connectivity index (χ2n) is 10.1. The van der Waals surface area contributed by atoms with Crippen LogP contribution >= 0.6 is 23.2 Å². The second-order valence-corrected chi connectivity index (χ2v) is 14.0. The molecule has 1 N–H and O–H groups in total. The molecular weight excluding hydrogens is 684 g/mol. The Morgan fingerprint density at radius 2 is 1.54 bits per heavy atom. The number of azo groups is 1. The molecule has 1 amide bonds. The van der Waals surface area contributed by atoms with Crippen LogP contribution < -0.4 is 39.3 Å². The van der Waals surface area contributed by atoms with Gasteiger partial charge in [0.2, 0.25) is 0 Å². The van der Waals surface area contributed by atoms with Crippen molar-refractivity contribution in [3.63, 3.8) is 0 Å². The van der Waals surface area contributed by atoms with Gasteiger partial charge in [-0.2, -0.15) is 20.3 Å². The van der Waals surface area contributed by atoms with Crippen LogP contribution in [0, 0.1) is 6.92 Å². The van der Waals surface area contributed by atoms with Crippen molar-refractivity contribution >= 4 is 72.0 Å². The maximum absolute atomic E-state index is 13.4. The number of nitrogens with one attached hydrogen (secondary N) is 1. The minimum absolute atomic E-state index is 0. The summed E-state index contributed by atoms with van der Waals surface area (Å²) in [6.45, 7) is 3.44. The van der Waals surface area contributed by atoms with Gasteiger partial charge >= 0.3 is 29.6 Å². The fourth-order valence-corrected chi connectivity index (χ4v) is 7.17. The van der Waals surface area contributed by atoms with E-state index in [1.165, 1.54) is 31.2 Å². The maximum atomic E-state index is 13.4. The first kappa shape index (κ1) is 35.7. The van der Waals surface area contributed by atoms with Gasteiger partial charge in [0.1, 0.15) is 15.8 Å². The molecule has 16 heteroatoms. The standard InChI is InChI=1S/C30H25Cl2N5O6S2.Na/c1-18-8-13-27(21(14-18)15-20-6-4-3-5-7-20)44(39,40)36-23-11-9-22(10-12-23)33-34-28-19(2)35-37(30(28)38)29-25(31)16-24(17-26(29)32)45(41,42)43;/h3-14,16-17,28,36H,15H2,1-2H3,(H,41,42,43);/q;+1/p-1. The number of sulfonamides is 1. The van der Waals surface area contributed by atoms with E-state index in [2.05, 4.69) is 20.1 Å². The summed E-state index contributed by atoms with van der Waals surface area (Å²) in [6.07, 6.45) is 0.448. The molecule has 0 saturated heterocycles. The van der Waals surface area contributed by atoms with E-state index in [1.807, 2.05) is 43.3 Å². The van der Waals surface area contributed by atoms with Crippen LogP contribution in [-0.2, 0) is 31.4 Å². The maximum Gasteiger partial charge on any atom is 1.00 e. The average Bonchev–Trinajstić information content (AvgIpc) is 3.24. The van der Waals surface area contributed by atoms with Crippen LogP contribution in [0.2, 0.25) is 10.0 Å². The fourth-order valence-electron chi connectivity index (χ4n) is 4.59. The predicted octanol–water partition coefficient (Wildman–Crippen LogP) is 3.48. The molecule has 4 aromatic rings. The van der Waals surface area contributed by atoms with E-state index < -0.39 is 37.0 Å². The molecule has 0 bridgehead atoms. The molecule has 11 nitrogen and oxygen atoms in total. The first-order chi connectivity index (χ1) is 21.2. The molecular formula is C30H24Cl2N5NaO6S2. The van der Waals surface area contributed by atoms with Gasteiger partial charge in [0.15, 0.2) is 6.04 Å². The Balaban J connectivity index is 0.00000480. The van der Waals surface area contributed by atoms with Crippen LogP contribution in [0.25, 0.3) is 0 Å². The zero-order chi connectivity index (χ0) is 32.5. The normalized spacial score (nSPS) is 15.2. The number of hydrogen-bond donors (Lipinski definition) is 1. The smallest absolute Gasteiger partial charge is 0.744 e. The van der Waals surface area contributed by atoms with Crippen LogP contribution in [0.3, 0.4) is 0 Å². The Bertz CT molecular complexity index is 2060. The number of carbonyl (C=O) groups is 1. The zero-order valence-corrected chi connectivity index (χ0v) is 29.8. The second kappa shape index (κ2) is 14.3. The van der Waals surface area contributed by atoms with Crippen molar-refractivity contribution in [3.8, 4) is 0 Å². The summed E-state index contributed by atoms with van der Waals surface area (Å²) in [6, 6.07) is 21.5. The van der Waals surface area contributed by atoms with E-state index in [4.69, 9.17) is 23.2 Å². The number of benzene rings is 4. The van der Waals surface area contributed by atoms with E-state index in [1.54, 1.807) is 12.1 Å². The van der Waals surface area contributed by atoms with Crippen molar-refractivity contribution in [1.29, 1.82) is 0 Å². The number of hydrazone groups is 1. The third kappa shape index (κ3) is 8.04. The number of nitrogens with zero attached hydrogens (tertiary/aromatic N) is 4. The van der Waals surface area contributed by atoms with Crippen LogP contribution in [0.5, 0.6) is 0 Å². The number of carbonyl (C=O) groups excluding carboxylic acids is 1. The molecule has 1 unspecified atom stereocenters. The Kier molecular flexibility index (Phi) is 11.1. The SMILES string of the molecule is CC1=NN(c2c(Cl)cc(S(=O)(=O)[O-])cc2Cl)C(=O)C1N=Nc1ccc(NS(=O)(=O)c2ccc(C)cc2Cc2ccccc2)cc1.[Na+]. The molecule has 4 aromatic carbocycles. The van der Waals surface area contributed by atoms with Crippen molar-refractivity contribution in [1.82, 2.24) is 0 Å². The Morgan fingerprint density at radius 1 is 0.913 bits per heavy atom. The molecule has 0 aliphatic carbocycles. The van der Waals surface area contributed by atoms with E-state index in [9.17, 15) is 26.2 Å². The Morgan fingerprint density at radius 3 is 2.15 bits per heavy atom. The van der Waals surface area contributed by atoms with E-state index in [0.717, 1.165) is 28.3 Å². The summed E-state index contributed by atoms with van der Waals surface area (Å²) in [5.74, 6) is -0.661. The van der Waals surface area contributed by atoms with Gasteiger partial charge < -0.3 is 4.55 Å². The molecule has 1 aliphatic rings. The molecule has 1 atom stereocenters. The number of amides is 1. The molecule has 46 heavy (non-hydrogen) atoms. The summed E-state index contributed by atoms with van der Waals surface area (Å²) in [5.41, 5.74) is 3.37. The summed E-state index contributed by atoms with van der Waals surface area (Å²) >= 11 is 12.3. The van der Waals surface area contributed by atoms with Crippen LogP contribution in [0.15, 0.2) is 110 Å². The molecule has 232 valence electrons. The summed E-state index contributed by atoms with van der Waals surface area (Å²) in [4.78, 5) is 12.6. The first-order valence-corrected chi connectivity index (χ1v) is 16.9. The van der Waals surface area contributed by atoms with Gasteiger partial charge in [0, 0.05) is 5.69 Å². The number of hydrogen-bond acceptors (Lipinski definition) is 9. The van der Waals surface area contributed by atoms with Crippen molar-refractivity contribution in [2.75, 3.05) is 9.73 Å².